The first kappa shape index (κ1) is 20.8. The summed E-state index contributed by atoms with van der Waals surface area (Å²) < 4.78 is 55.3. The van der Waals surface area contributed by atoms with Crippen molar-refractivity contribution in [3.8, 4) is 17.2 Å². The monoisotopic (exact) mass is 409 g/mol. The number of rotatable bonds is 5. The maximum Gasteiger partial charge on any atom is 0.471 e. The van der Waals surface area contributed by atoms with Gasteiger partial charge in [0.15, 0.2) is 11.5 Å². The van der Waals surface area contributed by atoms with Gasteiger partial charge in [-0.05, 0) is 23.1 Å². The zero-order valence-electron chi connectivity index (χ0n) is 16.5. The van der Waals surface area contributed by atoms with Gasteiger partial charge in [-0.15, -0.1) is 0 Å². The summed E-state index contributed by atoms with van der Waals surface area (Å²) in [5.74, 6) is -1.61. The van der Waals surface area contributed by atoms with Gasteiger partial charge >= 0.3 is 12.1 Å². The van der Waals surface area contributed by atoms with E-state index in [1.807, 2.05) is 30.3 Å². The highest BCUT2D eigenvalue weighted by Gasteiger charge is 2.47. The first-order chi connectivity index (χ1) is 13.7. The summed E-state index contributed by atoms with van der Waals surface area (Å²) in [6.45, 7) is 1.80. The second-order valence-electron chi connectivity index (χ2n) is 6.84. The van der Waals surface area contributed by atoms with Crippen molar-refractivity contribution in [3.05, 3.63) is 53.1 Å². The minimum Gasteiger partial charge on any atom is -0.493 e. The van der Waals surface area contributed by atoms with Crippen LogP contribution in [0.3, 0.4) is 0 Å². The maximum atomic E-state index is 13.0. The molecule has 1 N–H and O–H groups in total. The smallest absolute Gasteiger partial charge is 0.471 e. The van der Waals surface area contributed by atoms with E-state index < -0.39 is 18.1 Å². The molecular formula is C21H22F3NO4. The van der Waals surface area contributed by atoms with Gasteiger partial charge in [-0.2, -0.15) is 13.2 Å². The van der Waals surface area contributed by atoms with E-state index in [4.69, 9.17) is 14.2 Å². The Labute approximate surface area is 166 Å². The van der Waals surface area contributed by atoms with Crippen LogP contribution < -0.4 is 19.5 Å². The predicted octanol–water partition coefficient (Wildman–Crippen LogP) is 4.21. The summed E-state index contributed by atoms with van der Waals surface area (Å²) in [6, 6.07) is 10.1. The first-order valence-corrected chi connectivity index (χ1v) is 8.99. The van der Waals surface area contributed by atoms with Gasteiger partial charge in [-0.1, -0.05) is 37.3 Å². The number of fused-ring (bicyclic) bond motifs is 1. The fourth-order valence-corrected chi connectivity index (χ4v) is 4.08. The SMILES string of the molecule is COc1cc2c(c(OC)c1OC)C(c1ccccc1)C(C)C2NC(=O)C(F)(F)F. The van der Waals surface area contributed by atoms with Crippen LogP contribution in [0.1, 0.15) is 35.6 Å². The zero-order chi connectivity index (χ0) is 21.3. The van der Waals surface area contributed by atoms with Crippen molar-refractivity contribution in [1.29, 1.82) is 0 Å². The fraction of sp³-hybridized carbons (Fsp3) is 0.381. The Kier molecular flexibility index (Phi) is 5.64. The van der Waals surface area contributed by atoms with Crippen LogP contribution >= 0.6 is 0 Å². The van der Waals surface area contributed by atoms with Gasteiger partial charge in [-0.25, -0.2) is 0 Å². The van der Waals surface area contributed by atoms with E-state index in [0.29, 0.717) is 28.4 Å². The number of nitrogens with one attached hydrogen (secondary N) is 1. The van der Waals surface area contributed by atoms with Gasteiger partial charge < -0.3 is 19.5 Å². The number of hydrogen-bond acceptors (Lipinski definition) is 4. The normalized spacial score (nSPS) is 20.7. The van der Waals surface area contributed by atoms with E-state index in [2.05, 4.69) is 5.32 Å². The van der Waals surface area contributed by atoms with Crippen molar-refractivity contribution < 1.29 is 32.2 Å². The van der Waals surface area contributed by atoms with Gasteiger partial charge in [0.05, 0.1) is 27.4 Å². The molecule has 1 aliphatic carbocycles. The molecule has 8 heteroatoms. The quantitative estimate of drug-likeness (QED) is 0.804. The molecule has 0 aliphatic heterocycles. The Morgan fingerprint density at radius 2 is 1.62 bits per heavy atom. The van der Waals surface area contributed by atoms with E-state index in [1.54, 1.807) is 13.0 Å². The molecule has 2 aromatic rings. The molecule has 0 aromatic heterocycles. The van der Waals surface area contributed by atoms with Crippen LogP contribution in [0.15, 0.2) is 36.4 Å². The van der Waals surface area contributed by atoms with Gasteiger partial charge in [0.25, 0.3) is 0 Å². The second kappa shape index (κ2) is 7.85. The number of amides is 1. The Bertz CT molecular complexity index is 899. The summed E-state index contributed by atoms with van der Waals surface area (Å²) in [7, 11) is 4.36. The van der Waals surface area contributed by atoms with Crippen molar-refractivity contribution in [2.24, 2.45) is 5.92 Å². The molecule has 0 bridgehead atoms. The average Bonchev–Trinajstić information content (AvgIpc) is 2.97. The van der Waals surface area contributed by atoms with E-state index in [9.17, 15) is 18.0 Å². The lowest BCUT2D eigenvalue weighted by molar-refractivity contribution is -0.174. The van der Waals surface area contributed by atoms with Gasteiger partial charge in [0, 0.05) is 11.5 Å². The highest BCUT2D eigenvalue weighted by atomic mass is 19.4. The molecule has 2 aromatic carbocycles. The van der Waals surface area contributed by atoms with Crippen molar-refractivity contribution >= 4 is 5.91 Å². The standard InChI is InChI=1S/C21H22F3NO4/c1-11-15(12-8-6-5-7-9-12)16-13(17(11)25-20(26)21(22,23)24)10-14(27-2)18(28-3)19(16)29-4/h5-11,15,17H,1-4H3,(H,25,26). The molecule has 3 rings (SSSR count). The number of carbonyl (C=O) groups is 1. The van der Waals surface area contributed by atoms with Gasteiger partial charge in [0.1, 0.15) is 0 Å². The summed E-state index contributed by atoms with van der Waals surface area (Å²) in [5.41, 5.74) is 2.09. The molecule has 0 fully saturated rings. The fourth-order valence-electron chi connectivity index (χ4n) is 4.08. The zero-order valence-corrected chi connectivity index (χ0v) is 16.5. The Morgan fingerprint density at radius 1 is 1.00 bits per heavy atom. The molecule has 0 heterocycles. The highest BCUT2D eigenvalue weighted by Crippen LogP contribution is 2.56. The maximum absolute atomic E-state index is 13.0. The van der Waals surface area contributed by atoms with Crippen molar-refractivity contribution in [1.82, 2.24) is 5.32 Å². The number of carbonyl (C=O) groups excluding carboxylic acids is 1. The topological polar surface area (TPSA) is 56.8 Å². The summed E-state index contributed by atoms with van der Waals surface area (Å²) in [5, 5.41) is 2.15. The van der Waals surface area contributed by atoms with Crippen molar-refractivity contribution in [2.75, 3.05) is 21.3 Å². The summed E-state index contributed by atoms with van der Waals surface area (Å²) in [4.78, 5) is 11.7. The molecule has 0 radical (unpaired) electrons. The molecule has 0 saturated carbocycles. The number of ether oxygens (including phenoxy) is 3. The lowest BCUT2D eigenvalue weighted by Crippen LogP contribution is -2.40. The number of benzene rings is 2. The van der Waals surface area contributed by atoms with Crippen LogP contribution in [0.2, 0.25) is 0 Å². The Balaban J connectivity index is 2.23. The van der Waals surface area contributed by atoms with Crippen LogP contribution in [0, 0.1) is 5.92 Å². The molecule has 156 valence electrons. The average molecular weight is 409 g/mol. The third-order valence-corrected chi connectivity index (χ3v) is 5.30. The number of methoxy groups -OCH3 is 3. The van der Waals surface area contributed by atoms with Crippen molar-refractivity contribution in [3.63, 3.8) is 0 Å². The van der Waals surface area contributed by atoms with Gasteiger partial charge in [0.2, 0.25) is 5.75 Å². The number of alkyl halides is 3. The van der Waals surface area contributed by atoms with Crippen LogP contribution in [-0.2, 0) is 4.79 Å². The molecular weight excluding hydrogens is 387 g/mol. The molecule has 0 spiro atoms. The third-order valence-electron chi connectivity index (χ3n) is 5.30. The van der Waals surface area contributed by atoms with Crippen molar-refractivity contribution in [2.45, 2.75) is 25.1 Å². The third kappa shape index (κ3) is 3.59. The minimum atomic E-state index is -4.98. The van der Waals surface area contributed by atoms with Crippen LogP contribution in [-0.4, -0.2) is 33.4 Å². The highest BCUT2D eigenvalue weighted by molar-refractivity contribution is 5.82. The number of halogens is 3. The molecule has 1 aliphatic rings. The van der Waals surface area contributed by atoms with Gasteiger partial charge in [-0.3, -0.25) is 4.79 Å². The van der Waals surface area contributed by atoms with E-state index in [0.717, 1.165) is 5.56 Å². The van der Waals surface area contributed by atoms with Crippen LogP contribution in [0.5, 0.6) is 17.2 Å². The Hall–Kier alpha value is -2.90. The molecule has 0 saturated heterocycles. The molecule has 5 nitrogen and oxygen atoms in total. The lowest BCUT2D eigenvalue weighted by Gasteiger charge is -2.23. The summed E-state index contributed by atoms with van der Waals surface area (Å²) in [6.07, 6.45) is -4.98. The molecule has 3 unspecified atom stereocenters. The summed E-state index contributed by atoms with van der Waals surface area (Å²) >= 11 is 0. The molecule has 1 amide bonds. The second-order valence-corrected chi connectivity index (χ2v) is 6.84. The number of hydrogen-bond donors (Lipinski definition) is 1. The van der Waals surface area contributed by atoms with E-state index in [-0.39, 0.29) is 11.8 Å². The minimum absolute atomic E-state index is 0.306. The van der Waals surface area contributed by atoms with Crippen LogP contribution in [0.25, 0.3) is 0 Å². The lowest BCUT2D eigenvalue weighted by atomic mass is 9.85. The van der Waals surface area contributed by atoms with E-state index >= 15 is 0 Å². The van der Waals surface area contributed by atoms with Crippen LogP contribution in [0.4, 0.5) is 13.2 Å². The Morgan fingerprint density at radius 3 is 2.14 bits per heavy atom. The molecule has 29 heavy (non-hydrogen) atoms. The molecule has 3 atom stereocenters. The van der Waals surface area contributed by atoms with E-state index in [1.165, 1.54) is 21.3 Å². The largest absolute Gasteiger partial charge is 0.493 e. The predicted molar refractivity (Wildman–Crippen MR) is 100 cm³/mol. The first-order valence-electron chi connectivity index (χ1n) is 8.99.